The first-order valence-corrected chi connectivity index (χ1v) is 22.7. The molecule has 2 heteroatoms. The number of hydrogen-bond donors (Lipinski definition) is 1. The fourth-order valence-corrected chi connectivity index (χ4v) is 9.98. The minimum atomic E-state index is 0.256. The van der Waals surface area contributed by atoms with Crippen LogP contribution in [0.3, 0.4) is 0 Å². The molecule has 0 saturated heterocycles. The highest BCUT2D eigenvalue weighted by Crippen LogP contribution is 2.41. The van der Waals surface area contributed by atoms with Gasteiger partial charge in [-0.3, -0.25) is 0 Å². The first kappa shape index (κ1) is 38.5. The molecule has 0 aliphatic heterocycles. The molecular formula is C63H46N2. The maximum atomic E-state index is 3.91. The molecule has 0 amide bonds. The zero-order chi connectivity index (χ0) is 43.3. The summed E-state index contributed by atoms with van der Waals surface area (Å²) in [6.07, 6.45) is 7.00. The van der Waals surface area contributed by atoms with E-state index in [1.54, 1.807) is 0 Å². The van der Waals surface area contributed by atoms with Crippen molar-refractivity contribution in [2.24, 2.45) is 5.92 Å². The molecule has 12 rings (SSSR count). The Morgan fingerprint density at radius 2 is 0.969 bits per heavy atom. The summed E-state index contributed by atoms with van der Waals surface area (Å²) in [7, 11) is 0. The second-order valence-corrected chi connectivity index (χ2v) is 17.5. The van der Waals surface area contributed by atoms with Crippen molar-refractivity contribution in [2.45, 2.75) is 12.8 Å². The van der Waals surface area contributed by atoms with Crippen LogP contribution >= 0.6 is 0 Å². The zero-order valence-electron chi connectivity index (χ0n) is 36.2. The summed E-state index contributed by atoms with van der Waals surface area (Å²) < 4.78 is 2.42. The normalized spacial score (nSPS) is 14.9. The third-order valence-corrected chi connectivity index (χ3v) is 13.5. The van der Waals surface area contributed by atoms with E-state index in [0.29, 0.717) is 5.92 Å². The molecule has 2 unspecified atom stereocenters. The van der Waals surface area contributed by atoms with E-state index in [-0.39, 0.29) is 5.92 Å². The third-order valence-electron chi connectivity index (χ3n) is 13.5. The maximum absolute atomic E-state index is 3.91. The van der Waals surface area contributed by atoms with Gasteiger partial charge in [0, 0.05) is 39.3 Å². The molecule has 11 aromatic rings. The van der Waals surface area contributed by atoms with Crippen molar-refractivity contribution in [3.63, 3.8) is 0 Å². The van der Waals surface area contributed by atoms with E-state index in [4.69, 9.17) is 0 Å². The highest BCUT2D eigenvalue weighted by molar-refractivity contribution is 6.11. The Hall–Kier alpha value is -8.20. The first-order valence-electron chi connectivity index (χ1n) is 22.7. The van der Waals surface area contributed by atoms with Crippen molar-refractivity contribution in [1.82, 2.24) is 4.57 Å². The molecule has 65 heavy (non-hydrogen) atoms. The number of allylic oxidation sites excluding steroid dienone is 3. The van der Waals surface area contributed by atoms with Gasteiger partial charge in [-0.1, -0.05) is 195 Å². The van der Waals surface area contributed by atoms with Gasteiger partial charge in [-0.05, 0) is 127 Å². The van der Waals surface area contributed by atoms with Crippen molar-refractivity contribution in [3.8, 4) is 50.2 Å². The van der Waals surface area contributed by atoms with Gasteiger partial charge >= 0.3 is 0 Å². The van der Waals surface area contributed by atoms with Gasteiger partial charge in [0.25, 0.3) is 0 Å². The summed E-state index contributed by atoms with van der Waals surface area (Å²) in [5, 5.41) is 11.4. The summed E-state index contributed by atoms with van der Waals surface area (Å²) in [4.78, 5) is 0. The van der Waals surface area contributed by atoms with Gasteiger partial charge in [-0.15, -0.1) is 0 Å². The molecule has 1 aliphatic carbocycles. The average Bonchev–Trinajstić information content (AvgIpc) is 3.70. The predicted molar refractivity (Wildman–Crippen MR) is 277 cm³/mol. The van der Waals surface area contributed by atoms with Crippen LogP contribution in [0.5, 0.6) is 0 Å². The number of aromatic nitrogens is 1. The number of fused-ring (bicyclic) bond motifs is 5. The fraction of sp³-hybridized carbons (Fsp3) is 0.0476. The molecular weight excluding hydrogens is 785 g/mol. The molecule has 0 spiro atoms. The lowest BCUT2D eigenvalue weighted by Gasteiger charge is -2.25. The van der Waals surface area contributed by atoms with Gasteiger partial charge < -0.3 is 9.88 Å². The third kappa shape index (κ3) is 7.20. The van der Waals surface area contributed by atoms with E-state index in [2.05, 4.69) is 259 Å². The summed E-state index contributed by atoms with van der Waals surface area (Å²) in [5.74, 6) is 0.632. The van der Waals surface area contributed by atoms with E-state index in [1.165, 1.54) is 76.7 Å². The molecule has 0 saturated carbocycles. The molecule has 1 aromatic heterocycles. The van der Waals surface area contributed by atoms with Gasteiger partial charge in [-0.25, -0.2) is 0 Å². The first-order chi connectivity index (χ1) is 32.1. The van der Waals surface area contributed by atoms with Gasteiger partial charge in [0.2, 0.25) is 0 Å². The standard InChI is InChI=1S/C63H46N2/c1-42-20-32-55(41-58(42)54-28-24-45-15-9-11-17-49(45)37-54)64-61-34-30-51(38-59(61)47-25-21-46(22-26-47)43-12-4-2-5-13-43)53-29-33-57-60-39-52(50-27-23-44-14-8-10-16-48(44)36-50)31-35-62(60)65(63(57)40-53)56-18-6-3-7-19-56/h2-42,58,64H,1H3. The fourth-order valence-electron chi connectivity index (χ4n) is 9.98. The Labute approximate surface area is 380 Å². The van der Waals surface area contributed by atoms with E-state index in [1.807, 2.05) is 0 Å². The predicted octanol–water partition coefficient (Wildman–Crippen LogP) is 17.0. The molecule has 308 valence electrons. The van der Waals surface area contributed by atoms with Crippen molar-refractivity contribution in [3.05, 3.63) is 254 Å². The number of anilines is 1. The van der Waals surface area contributed by atoms with E-state index >= 15 is 0 Å². The Bertz CT molecular complexity index is 3630. The Morgan fingerprint density at radius 1 is 0.400 bits per heavy atom. The number of rotatable bonds is 8. The Kier molecular flexibility index (Phi) is 9.57. The van der Waals surface area contributed by atoms with Gasteiger partial charge in [0.1, 0.15) is 0 Å². The molecule has 1 aliphatic rings. The second kappa shape index (κ2) is 16.2. The van der Waals surface area contributed by atoms with Crippen molar-refractivity contribution < 1.29 is 0 Å². The minimum Gasteiger partial charge on any atom is -0.355 e. The molecule has 1 N–H and O–H groups in total. The molecule has 1 heterocycles. The summed E-state index contributed by atoms with van der Waals surface area (Å²) in [6, 6.07) is 82.2. The summed E-state index contributed by atoms with van der Waals surface area (Å²) in [5.41, 5.74) is 16.5. The van der Waals surface area contributed by atoms with Crippen LogP contribution in [0.2, 0.25) is 0 Å². The van der Waals surface area contributed by atoms with Crippen LogP contribution in [0.1, 0.15) is 18.4 Å². The smallest absolute Gasteiger partial charge is 0.0547 e. The van der Waals surface area contributed by atoms with Crippen molar-refractivity contribution in [1.29, 1.82) is 0 Å². The zero-order valence-corrected chi connectivity index (χ0v) is 36.2. The van der Waals surface area contributed by atoms with E-state index in [0.717, 1.165) is 33.8 Å². The van der Waals surface area contributed by atoms with Crippen LogP contribution in [-0.4, -0.2) is 4.57 Å². The molecule has 10 aromatic carbocycles. The number of nitrogens with zero attached hydrogens (tertiary/aromatic N) is 1. The lowest BCUT2D eigenvalue weighted by molar-refractivity contribution is 0.632. The van der Waals surface area contributed by atoms with E-state index in [9.17, 15) is 0 Å². The molecule has 0 fully saturated rings. The van der Waals surface area contributed by atoms with E-state index < -0.39 is 0 Å². The SMILES string of the molecule is CC1C=CC(Nc2ccc(-c3ccc4c5cc(-c6ccc7ccccc7c6)ccc5n(-c5ccccc5)c4c3)cc2-c2ccc(-c3ccccc3)cc2)=CC1c1ccc2ccccc2c1. The highest BCUT2D eigenvalue weighted by Gasteiger charge is 2.21. The Morgan fingerprint density at radius 3 is 1.75 bits per heavy atom. The topological polar surface area (TPSA) is 17.0 Å². The van der Waals surface area contributed by atoms with Crippen LogP contribution in [0.4, 0.5) is 5.69 Å². The summed E-state index contributed by atoms with van der Waals surface area (Å²) >= 11 is 0. The summed E-state index contributed by atoms with van der Waals surface area (Å²) in [6.45, 7) is 2.32. The molecule has 2 atom stereocenters. The Balaban J connectivity index is 0.966. The van der Waals surface area contributed by atoms with Gasteiger partial charge in [-0.2, -0.15) is 0 Å². The van der Waals surface area contributed by atoms with Crippen LogP contribution in [-0.2, 0) is 0 Å². The minimum absolute atomic E-state index is 0.256. The van der Waals surface area contributed by atoms with Crippen molar-refractivity contribution in [2.75, 3.05) is 5.32 Å². The number of hydrogen-bond acceptors (Lipinski definition) is 1. The number of nitrogens with one attached hydrogen (secondary N) is 1. The molecule has 0 radical (unpaired) electrons. The average molecular weight is 831 g/mol. The lowest BCUT2D eigenvalue weighted by Crippen LogP contribution is -2.12. The second-order valence-electron chi connectivity index (χ2n) is 17.5. The van der Waals surface area contributed by atoms with Crippen LogP contribution < -0.4 is 5.32 Å². The van der Waals surface area contributed by atoms with Gasteiger partial charge in [0.05, 0.1) is 11.0 Å². The van der Waals surface area contributed by atoms with Gasteiger partial charge in [0.15, 0.2) is 0 Å². The number of benzene rings is 10. The monoisotopic (exact) mass is 830 g/mol. The van der Waals surface area contributed by atoms with Crippen LogP contribution in [0, 0.1) is 5.92 Å². The number of para-hydroxylation sites is 1. The van der Waals surface area contributed by atoms with Crippen LogP contribution in [0.25, 0.3) is 93.5 Å². The highest BCUT2D eigenvalue weighted by atomic mass is 15.0. The largest absolute Gasteiger partial charge is 0.355 e. The molecule has 0 bridgehead atoms. The molecule has 2 nitrogen and oxygen atoms in total. The quantitative estimate of drug-likeness (QED) is 0.161. The van der Waals surface area contributed by atoms with Crippen LogP contribution in [0.15, 0.2) is 248 Å². The van der Waals surface area contributed by atoms with Crippen molar-refractivity contribution >= 4 is 49.0 Å². The lowest BCUT2D eigenvalue weighted by atomic mass is 9.82. The maximum Gasteiger partial charge on any atom is 0.0547 e.